The first-order valence-electron chi connectivity index (χ1n) is 7.06. The average Bonchev–Trinajstić information content (AvgIpc) is 2.97. The summed E-state index contributed by atoms with van der Waals surface area (Å²) in [4.78, 5) is 16.3. The molecule has 0 amide bonds. The molecule has 0 spiro atoms. The largest absolute Gasteiger partial charge is 0.477 e. The Balaban J connectivity index is 1.59. The second-order valence-electron chi connectivity index (χ2n) is 5.18. The average molecular weight is 302 g/mol. The number of piperazine rings is 1. The Kier molecular flexibility index (Phi) is 4.22. The fraction of sp³-hybridized carbons (Fsp3) is 0.312. The first kappa shape index (κ1) is 14.1. The number of para-hydroxylation sites is 1. The molecular formula is C16H18N2O2S. The summed E-state index contributed by atoms with van der Waals surface area (Å²) in [5, 5.41) is 11.0. The van der Waals surface area contributed by atoms with Gasteiger partial charge in [-0.15, -0.1) is 11.3 Å². The fourth-order valence-electron chi connectivity index (χ4n) is 2.69. The SMILES string of the molecule is O=C(O)c1sccc1CN1CCN(c2ccccc2)CC1. The minimum Gasteiger partial charge on any atom is -0.477 e. The van der Waals surface area contributed by atoms with Gasteiger partial charge in [0.25, 0.3) is 0 Å². The lowest BCUT2D eigenvalue weighted by molar-refractivity contribution is 0.0700. The number of rotatable bonds is 4. The summed E-state index contributed by atoms with van der Waals surface area (Å²) >= 11 is 1.31. The molecule has 3 rings (SSSR count). The van der Waals surface area contributed by atoms with Crippen LogP contribution in [0.15, 0.2) is 41.8 Å². The number of benzene rings is 1. The Morgan fingerprint density at radius 2 is 1.81 bits per heavy atom. The standard InChI is InChI=1S/C16H18N2O2S/c19-16(20)15-13(6-11-21-15)12-17-7-9-18(10-8-17)14-4-2-1-3-5-14/h1-6,11H,7-10,12H2,(H,19,20). The molecule has 21 heavy (non-hydrogen) atoms. The van der Waals surface area contributed by atoms with Crippen LogP contribution in [0.3, 0.4) is 0 Å². The van der Waals surface area contributed by atoms with Gasteiger partial charge in [-0.2, -0.15) is 0 Å². The first-order valence-corrected chi connectivity index (χ1v) is 7.94. The maximum Gasteiger partial charge on any atom is 0.346 e. The van der Waals surface area contributed by atoms with E-state index in [1.807, 2.05) is 17.5 Å². The van der Waals surface area contributed by atoms with Crippen molar-refractivity contribution in [3.05, 3.63) is 52.2 Å². The van der Waals surface area contributed by atoms with Gasteiger partial charge >= 0.3 is 5.97 Å². The highest BCUT2D eigenvalue weighted by molar-refractivity contribution is 7.12. The summed E-state index contributed by atoms with van der Waals surface area (Å²) in [5.74, 6) is -0.817. The highest BCUT2D eigenvalue weighted by Crippen LogP contribution is 2.21. The van der Waals surface area contributed by atoms with Crippen LogP contribution >= 0.6 is 11.3 Å². The molecule has 0 radical (unpaired) electrons. The molecule has 2 aromatic rings. The number of nitrogens with zero attached hydrogens (tertiary/aromatic N) is 2. The van der Waals surface area contributed by atoms with Gasteiger partial charge in [0.05, 0.1) is 0 Å². The van der Waals surface area contributed by atoms with Gasteiger partial charge in [-0.3, -0.25) is 4.90 Å². The van der Waals surface area contributed by atoms with Gasteiger partial charge < -0.3 is 10.0 Å². The van der Waals surface area contributed by atoms with Crippen LogP contribution in [0.1, 0.15) is 15.2 Å². The molecule has 1 aromatic heterocycles. The van der Waals surface area contributed by atoms with Crippen molar-refractivity contribution >= 4 is 23.0 Å². The summed E-state index contributed by atoms with van der Waals surface area (Å²) in [7, 11) is 0. The van der Waals surface area contributed by atoms with Crippen molar-refractivity contribution in [3.63, 3.8) is 0 Å². The molecule has 0 bridgehead atoms. The number of anilines is 1. The van der Waals surface area contributed by atoms with Crippen LogP contribution in [0.2, 0.25) is 0 Å². The van der Waals surface area contributed by atoms with Crippen LogP contribution in [0.4, 0.5) is 5.69 Å². The Morgan fingerprint density at radius 1 is 1.10 bits per heavy atom. The zero-order valence-corrected chi connectivity index (χ0v) is 12.6. The highest BCUT2D eigenvalue weighted by Gasteiger charge is 2.19. The minimum atomic E-state index is -0.817. The van der Waals surface area contributed by atoms with E-state index in [4.69, 9.17) is 5.11 Å². The normalized spacial score (nSPS) is 16.1. The molecule has 1 fully saturated rings. The number of hydrogen-bond donors (Lipinski definition) is 1. The molecule has 0 aliphatic carbocycles. The fourth-order valence-corrected chi connectivity index (χ4v) is 3.44. The lowest BCUT2D eigenvalue weighted by Gasteiger charge is -2.36. The number of carboxylic acids is 1. The van der Waals surface area contributed by atoms with Crippen LogP contribution < -0.4 is 4.90 Å². The Labute approximate surface area is 128 Å². The van der Waals surface area contributed by atoms with E-state index in [2.05, 4.69) is 34.1 Å². The second kappa shape index (κ2) is 6.28. The van der Waals surface area contributed by atoms with E-state index in [1.165, 1.54) is 17.0 Å². The van der Waals surface area contributed by atoms with Crippen molar-refractivity contribution in [2.75, 3.05) is 31.1 Å². The summed E-state index contributed by atoms with van der Waals surface area (Å²) in [5.41, 5.74) is 2.19. The smallest absolute Gasteiger partial charge is 0.346 e. The molecule has 4 nitrogen and oxygen atoms in total. The molecule has 1 aromatic carbocycles. The topological polar surface area (TPSA) is 43.8 Å². The van der Waals surface area contributed by atoms with Crippen LogP contribution in [-0.4, -0.2) is 42.2 Å². The van der Waals surface area contributed by atoms with E-state index in [0.717, 1.165) is 38.3 Å². The molecule has 2 heterocycles. The Hall–Kier alpha value is -1.85. The van der Waals surface area contributed by atoms with Crippen LogP contribution in [-0.2, 0) is 6.54 Å². The zero-order valence-electron chi connectivity index (χ0n) is 11.7. The molecule has 0 saturated carbocycles. The molecule has 0 unspecified atom stereocenters. The van der Waals surface area contributed by atoms with Crippen molar-refractivity contribution < 1.29 is 9.90 Å². The zero-order chi connectivity index (χ0) is 14.7. The van der Waals surface area contributed by atoms with Gasteiger partial charge in [0.2, 0.25) is 0 Å². The summed E-state index contributed by atoms with van der Waals surface area (Å²) in [6.07, 6.45) is 0. The number of aromatic carboxylic acids is 1. The molecule has 1 saturated heterocycles. The van der Waals surface area contributed by atoms with Gasteiger partial charge in [0.1, 0.15) is 4.88 Å². The van der Waals surface area contributed by atoms with E-state index in [9.17, 15) is 4.79 Å². The summed E-state index contributed by atoms with van der Waals surface area (Å²) in [6.45, 7) is 4.62. The van der Waals surface area contributed by atoms with E-state index in [0.29, 0.717) is 4.88 Å². The molecule has 1 N–H and O–H groups in total. The second-order valence-corrected chi connectivity index (χ2v) is 6.09. The number of hydrogen-bond acceptors (Lipinski definition) is 4. The maximum absolute atomic E-state index is 11.1. The Morgan fingerprint density at radius 3 is 2.48 bits per heavy atom. The van der Waals surface area contributed by atoms with Crippen molar-refractivity contribution in [2.45, 2.75) is 6.54 Å². The maximum atomic E-state index is 11.1. The number of carbonyl (C=O) groups is 1. The Bertz CT molecular complexity index is 604. The van der Waals surface area contributed by atoms with Crippen LogP contribution in [0.5, 0.6) is 0 Å². The van der Waals surface area contributed by atoms with Gasteiger partial charge in [-0.25, -0.2) is 4.79 Å². The van der Waals surface area contributed by atoms with E-state index >= 15 is 0 Å². The van der Waals surface area contributed by atoms with Crippen molar-refractivity contribution in [3.8, 4) is 0 Å². The third-order valence-electron chi connectivity index (χ3n) is 3.83. The third kappa shape index (κ3) is 3.25. The van der Waals surface area contributed by atoms with Gasteiger partial charge in [-0.05, 0) is 29.1 Å². The lowest BCUT2D eigenvalue weighted by Crippen LogP contribution is -2.46. The molecule has 0 atom stereocenters. The quantitative estimate of drug-likeness (QED) is 0.943. The molecule has 1 aliphatic heterocycles. The van der Waals surface area contributed by atoms with Gasteiger partial charge in [0, 0.05) is 38.4 Å². The molecule has 5 heteroatoms. The lowest BCUT2D eigenvalue weighted by atomic mass is 10.2. The van der Waals surface area contributed by atoms with Gasteiger partial charge in [-0.1, -0.05) is 18.2 Å². The van der Waals surface area contributed by atoms with Crippen molar-refractivity contribution in [1.29, 1.82) is 0 Å². The van der Waals surface area contributed by atoms with Gasteiger partial charge in [0.15, 0.2) is 0 Å². The predicted molar refractivity (Wildman–Crippen MR) is 85.2 cm³/mol. The summed E-state index contributed by atoms with van der Waals surface area (Å²) in [6, 6.07) is 12.4. The van der Waals surface area contributed by atoms with Crippen molar-refractivity contribution in [1.82, 2.24) is 4.90 Å². The highest BCUT2D eigenvalue weighted by atomic mass is 32.1. The third-order valence-corrected chi connectivity index (χ3v) is 4.77. The van der Waals surface area contributed by atoms with Crippen LogP contribution in [0.25, 0.3) is 0 Å². The van der Waals surface area contributed by atoms with E-state index < -0.39 is 5.97 Å². The number of thiophene rings is 1. The monoisotopic (exact) mass is 302 g/mol. The van der Waals surface area contributed by atoms with Crippen molar-refractivity contribution in [2.24, 2.45) is 0 Å². The van der Waals surface area contributed by atoms with Crippen LogP contribution in [0, 0.1) is 0 Å². The van der Waals surface area contributed by atoms with E-state index in [1.54, 1.807) is 0 Å². The minimum absolute atomic E-state index is 0.473. The molecular weight excluding hydrogens is 284 g/mol. The summed E-state index contributed by atoms with van der Waals surface area (Å²) < 4.78 is 0. The van der Waals surface area contributed by atoms with E-state index in [-0.39, 0.29) is 0 Å². The predicted octanol–water partition coefficient (Wildman–Crippen LogP) is 2.77. The first-order chi connectivity index (χ1) is 10.2. The molecule has 110 valence electrons. The number of carboxylic acid groups (broad SMARTS) is 1. The molecule has 1 aliphatic rings.